The number of hydrogen-bond donors (Lipinski definition) is 2. The summed E-state index contributed by atoms with van der Waals surface area (Å²) in [6.07, 6.45) is 0. The molecular weight excluding hydrogens is 182 g/mol. The monoisotopic (exact) mass is 193 g/mol. The van der Waals surface area contributed by atoms with Crippen molar-refractivity contribution < 1.29 is 0 Å². The lowest BCUT2D eigenvalue weighted by molar-refractivity contribution is 1.17. The molecular formula is C9H11N3S. The van der Waals surface area contributed by atoms with Crippen LogP contribution in [-0.2, 0) is 0 Å². The summed E-state index contributed by atoms with van der Waals surface area (Å²) >= 11 is 1.81. The van der Waals surface area contributed by atoms with Crippen LogP contribution in [0.5, 0.6) is 0 Å². The van der Waals surface area contributed by atoms with Crippen LogP contribution in [0.1, 0.15) is 5.56 Å². The highest BCUT2D eigenvalue weighted by Crippen LogP contribution is 2.20. The fourth-order valence-corrected chi connectivity index (χ4v) is 2.08. The molecule has 0 spiro atoms. The Morgan fingerprint density at radius 1 is 1.31 bits per heavy atom. The predicted octanol–water partition coefficient (Wildman–Crippen LogP) is 1.47. The summed E-state index contributed by atoms with van der Waals surface area (Å²) in [5.74, 6) is 6.37. The Kier molecular flexibility index (Phi) is 2.52. The highest BCUT2D eigenvalue weighted by Gasteiger charge is 2.08. The van der Waals surface area contributed by atoms with Crippen LogP contribution in [-0.4, -0.2) is 17.3 Å². The van der Waals surface area contributed by atoms with Crippen LogP contribution < -0.4 is 11.3 Å². The molecule has 3 N–H and O–H groups in total. The molecule has 0 saturated carbocycles. The van der Waals surface area contributed by atoms with E-state index in [4.69, 9.17) is 5.84 Å². The van der Waals surface area contributed by atoms with Gasteiger partial charge in [0.15, 0.2) is 0 Å². The van der Waals surface area contributed by atoms with Crippen LogP contribution in [0.15, 0.2) is 29.3 Å². The number of nitrogens with zero attached hydrogens (tertiary/aromatic N) is 1. The number of anilines is 1. The van der Waals surface area contributed by atoms with E-state index in [9.17, 15) is 0 Å². The normalized spacial score (nSPS) is 15.6. The Morgan fingerprint density at radius 2 is 2.08 bits per heavy atom. The third kappa shape index (κ3) is 1.84. The molecule has 0 radical (unpaired) electrons. The molecule has 1 heterocycles. The Morgan fingerprint density at radius 3 is 2.62 bits per heavy atom. The smallest absolute Gasteiger partial charge is 0.0977 e. The molecule has 0 aromatic heterocycles. The number of hydrazine groups is 1. The molecule has 0 bridgehead atoms. The van der Waals surface area contributed by atoms with Gasteiger partial charge in [0.25, 0.3) is 0 Å². The molecule has 1 aliphatic heterocycles. The maximum absolute atomic E-state index is 5.27. The van der Waals surface area contributed by atoms with E-state index in [-0.39, 0.29) is 0 Å². The maximum Gasteiger partial charge on any atom is 0.0977 e. The number of hydrogen-bond acceptors (Lipinski definition) is 4. The summed E-state index contributed by atoms with van der Waals surface area (Å²) in [5, 5.41) is 1.14. The summed E-state index contributed by atoms with van der Waals surface area (Å²) in [7, 11) is 0. The van der Waals surface area contributed by atoms with E-state index in [0.29, 0.717) is 0 Å². The van der Waals surface area contributed by atoms with Crippen LogP contribution in [0, 0.1) is 0 Å². The quantitative estimate of drug-likeness (QED) is 0.552. The summed E-state index contributed by atoms with van der Waals surface area (Å²) in [5.41, 5.74) is 4.70. The van der Waals surface area contributed by atoms with Gasteiger partial charge >= 0.3 is 0 Å². The van der Waals surface area contributed by atoms with Crippen molar-refractivity contribution in [3.8, 4) is 0 Å². The Bertz CT molecular complexity index is 318. The van der Waals surface area contributed by atoms with E-state index in [2.05, 4.69) is 10.4 Å². The molecule has 4 heteroatoms. The van der Waals surface area contributed by atoms with Crippen LogP contribution in [0.3, 0.4) is 0 Å². The molecule has 1 aliphatic rings. The zero-order valence-corrected chi connectivity index (χ0v) is 7.97. The Labute approximate surface area is 81.4 Å². The molecule has 68 valence electrons. The minimum absolute atomic E-state index is 0.923. The lowest BCUT2D eigenvalue weighted by atomic mass is 10.2. The van der Waals surface area contributed by atoms with Crippen molar-refractivity contribution in [2.75, 3.05) is 17.7 Å². The largest absolute Gasteiger partial charge is 0.324 e. The van der Waals surface area contributed by atoms with Crippen molar-refractivity contribution in [3.63, 3.8) is 0 Å². The highest BCUT2D eigenvalue weighted by molar-refractivity contribution is 8.14. The van der Waals surface area contributed by atoms with Crippen molar-refractivity contribution in [2.45, 2.75) is 0 Å². The molecule has 2 rings (SSSR count). The number of nitrogen functional groups attached to an aromatic ring is 1. The second-order valence-electron chi connectivity index (χ2n) is 2.76. The van der Waals surface area contributed by atoms with Gasteiger partial charge in [0.2, 0.25) is 0 Å². The van der Waals surface area contributed by atoms with Crippen molar-refractivity contribution in [2.24, 2.45) is 10.8 Å². The number of aliphatic imine (C=N–C) groups is 1. The van der Waals surface area contributed by atoms with Gasteiger partial charge < -0.3 is 5.43 Å². The molecule has 0 amide bonds. The minimum Gasteiger partial charge on any atom is -0.324 e. The first-order valence-electron chi connectivity index (χ1n) is 4.14. The van der Waals surface area contributed by atoms with Crippen LogP contribution in [0.2, 0.25) is 0 Å². The van der Waals surface area contributed by atoms with Gasteiger partial charge in [-0.05, 0) is 12.1 Å². The van der Waals surface area contributed by atoms with Gasteiger partial charge in [0.1, 0.15) is 0 Å². The average Bonchev–Trinajstić information content (AvgIpc) is 2.71. The van der Waals surface area contributed by atoms with Gasteiger partial charge in [0, 0.05) is 23.5 Å². The molecule has 0 aliphatic carbocycles. The van der Waals surface area contributed by atoms with Gasteiger partial charge in [-0.2, -0.15) is 0 Å². The van der Waals surface area contributed by atoms with Crippen molar-refractivity contribution in [3.05, 3.63) is 29.8 Å². The predicted molar refractivity (Wildman–Crippen MR) is 58.1 cm³/mol. The van der Waals surface area contributed by atoms with Crippen LogP contribution in [0.25, 0.3) is 0 Å². The fraction of sp³-hybridized carbons (Fsp3) is 0.222. The van der Waals surface area contributed by atoms with E-state index >= 15 is 0 Å². The molecule has 0 saturated heterocycles. The summed E-state index contributed by atoms with van der Waals surface area (Å²) < 4.78 is 0. The van der Waals surface area contributed by atoms with E-state index < -0.39 is 0 Å². The molecule has 0 atom stereocenters. The van der Waals surface area contributed by atoms with E-state index in [1.54, 1.807) is 0 Å². The number of nitrogens with one attached hydrogen (secondary N) is 1. The second-order valence-corrected chi connectivity index (χ2v) is 3.84. The SMILES string of the molecule is NNc1ccc(C2=NCCS2)cc1. The zero-order chi connectivity index (χ0) is 9.10. The lowest BCUT2D eigenvalue weighted by Crippen LogP contribution is -2.06. The zero-order valence-electron chi connectivity index (χ0n) is 7.16. The molecule has 0 unspecified atom stereocenters. The maximum atomic E-state index is 5.27. The van der Waals surface area contributed by atoms with E-state index in [0.717, 1.165) is 23.0 Å². The van der Waals surface area contributed by atoms with Crippen molar-refractivity contribution in [1.29, 1.82) is 0 Å². The van der Waals surface area contributed by atoms with Gasteiger partial charge in [-0.15, -0.1) is 11.8 Å². The fourth-order valence-electron chi connectivity index (χ4n) is 1.22. The summed E-state index contributed by atoms with van der Waals surface area (Å²) in [4.78, 5) is 4.39. The molecule has 1 aromatic carbocycles. The first kappa shape index (κ1) is 8.59. The van der Waals surface area contributed by atoms with Crippen molar-refractivity contribution >= 4 is 22.5 Å². The second kappa shape index (κ2) is 3.81. The summed E-state index contributed by atoms with van der Waals surface area (Å²) in [6, 6.07) is 7.98. The van der Waals surface area contributed by atoms with E-state index in [1.807, 2.05) is 36.0 Å². The highest BCUT2D eigenvalue weighted by atomic mass is 32.2. The number of rotatable bonds is 2. The minimum atomic E-state index is 0.923. The molecule has 0 fully saturated rings. The van der Waals surface area contributed by atoms with Gasteiger partial charge in [0.05, 0.1) is 5.04 Å². The van der Waals surface area contributed by atoms with Gasteiger partial charge in [-0.1, -0.05) is 12.1 Å². The molecule has 3 nitrogen and oxygen atoms in total. The van der Waals surface area contributed by atoms with Gasteiger partial charge in [-0.3, -0.25) is 10.8 Å². The number of thioether (sulfide) groups is 1. The summed E-state index contributed by atoms with van der Waals surface area (Å²) in [6.45, 7) is 0.941. The topological polar surface area (TPSA) is 50.4 Å². The lowest BCUT2D eigenvalue weighted by Gasteiger charge is -2.02. The van der Waals surface area contributed by atoms with Crippen LogP contribution in [0.4, 0.5) is 5.69 Å². The van der Waals surface area contributed by atoms with Crippen molar-refractivity contribution in [1.82, 2.24) is 0 Å². The van der Waals surface area contributed by atoms with Gasteiger partial charge in [-0.25, -0.2) is 0 Å². The first-order valence-corrected chi connectivity index (χ1v) is 5.13. The molecule has 1 aromatic rings. The van der Waals surface area contributed by atoms with Crippen LogP contribution >= 0.6 is 11.8 Å². The third-order valence-corrected chi connectivity index (χ3v) is 2.91. The Hall–Kier alpha value is -1.00. The van der Waals surface area contributed by atoms with E-state index in [1.165, 1.54) is 5.56 Å². The number of nitrogens with two attached hydrogens (primary N) is 1. The molecule has 13 heavy (non-hydrogen) atoms. The Balaban J connectivity index is 2.22. The number of benzene rings is 1. The third-order valence-electron chi connectivity index (χ3n) is 1.88. The average molecular weight is 193 g/mol. The standard InChI is InChI=1S/C9H11N3S/c10-12-8-3-1-7(2-4-8)9-11-5-6-13-9/h1-4,12H,5-6,10H2. The first-order chi connectivity index (χ1) is 6.40.